The first kappa shape index (κ1) is 14.6. The number of carbonyl (C=O) groups is 1. The second kappa shape index (κ2) is 6.08. The molecule has 0 aliphatic heterocycles. The predicted molar refractivity (Wildman–Crippen MR) is 81.7 cm³/mol. The SMILES string of the molecule is CC1(C)CCCCC1C(=O)NCc1ccccc1Br. The van der Waals surface area contributed by atoms with Gasteiger partial charge >= 0.3 is 0 Å². The molecule has 1 unspecified atom stereocenters. The molecular formula is C16H22BrNO. The van der Waals surface area contributed by atoms with Gasteiger partial charge in [0.15, 0.2) is 0 Å². The third kappa shape index (κ3) is 3.59. The smallest absolute Gasteiger partial charge is 0.223 e. The summed E-state index contributed by atoms with van der Waals surface area (Å²) < 4.78 is 1.05. The van der Waals surface area contributed by atoms with Crippen molar-refractivity contribution < 1.29 is 4.79 Å². The van der Waals surface area contributed by atoms with Gasteiger partial charge in [0.2, 0.25) is 5.91 Å². The van der Waals surface area contributed by atoms with Gasteiger partial charge in [0.25, 0.3) is 0 Å². The number of halogens is 1. The average molecular weight is 324 g/mol. The van der Waals surface area contributed by atoms with Crippen LogP contribution in [-0.2, 0) is 11.3 Å². The van der Waals surface area contributed by atoms with Crippen LogP contribution < -0.4 is 5.32 Å². The van der Waals surface area contributed by atoms with Crippen molar-refractivity contribution in [3.63, 3.8) is 0 Å². The number of hydrogen-bond acceptors (Lipinski definition) is 1. The lowest BCUT2D eigenvalue weighted by Crippen LogP contribution is -2.40. The van der Waals surface area contributed by atoms with E-state index in [1.165, 1.54) is 12.8 Å². The summed E-state index contributed by atoms with van der Waals surface area (Å²) >= 11 is 3.51. The fourth-order valence-corrected chi connectivity index (χ4v) is 3.35. The first-order chi connectivity index (χ1) is 9.00. The Balaban J connectivity index is 1.96. The van der Waals surface area contributed by atoms with Crippen molar-refractivity contribution in [3.05, 3.63) is 34.3 Å². The maximum Gasteiger partial charge on any atom is 0.223 e. The first-order valence-corrected chi connectivity index (χ1v) is 7.81. The summed E-state index contributed by atoms with van der Waals surface area (Å²) in [6.07, 6.45) is 4.60. The topological polar surface area (TPSA) is 29.1 Å². The molecule has 2 rings (SSSR count). The van der Waals surface area contributed by atoms with Crippen molar-refractivity contribution in [2.75, 3.05) is 0 Å². The van der Waals surface area contributed by atoms with Gasteiger partial charge in [-0.3, -0.25) is 4.79 Å². The molecule has 0 heterocycles. The van der Waals surface area contributed by atoms with Crippen LogP contribution in [0.15, 0.2) is 28.7 Å². The van der Waals surface area contributed by atoms with Gasteiger partial charge in [-0.25, -0.2) is 0 Å². The van der Waals surface area contributed by atoms with Crippen molar-refractivity contribution in [1.82, 2.24) is 5.32 Å². The van der Waals surface area contributed by atoms with E-state index in [-0.39, 0.29) is 17.2 Å². The Hall–Kier alpha value is -0.830. The van der Waals surface area contributed by atoms with Gasteiger partial charge in [0.1, 0.15) is 0 Å². The van der Waals surface area contributed by atoms with Gasteiger partial charge in [0.05, 0.1) is 0 Å². The number of hydrogen-bond donors (Lipinski definition) is 1. The minimum Gasteiger partial charge on any atom is -0.352 e. The van der Waals surface area contributed by atoms with Crippen LogP contribution in [0.3, 0.4) is 0 Å². The van der Waals surface area contributed by atoms with Gasteiger partial charge in [0, 0.05) is 16.9 Å². The lowest BCUT2D eigenvalue weighted by Gasteiger charge is -2.37. The highest BCUT2D eigenvalue weighted by Gasteiger charge is 2.36. The standard InChI is InChI=1S/C16H22BrNO/c1-16(2)10-6-5-8-13(16)15(19)18-11-12-7-3-4-9-14(12)17/h3-4,7,9,13H,5-6,8,10-11H2,1-2H3,(H,18,19). The van der Waals surface area contributed by atoms with Crippen LogP contribution in [0, 0.1) is 11.3 Å². The van der Waals surface area contributed by atoms with Gasteiger partial charge < -0.3 is 5.32 Å². The second-order valence-electron chi connectivity index (χ2n) is 6.10. The van der Waals surface area contributed by atoms with Gasteiger partial charge in [-0.05, 0) is 29.9 Å². The van der Waals surface area contributed by atoms with E-state index in [4.69, 9.17) is 0 Å². The number of amides is 1. The number of nitrogens with one attached hydrogen (secondary N) is 1. The number of carbonyl (C=O) groups excluding carboxylic acids is 1. The monoisotopic (exact) mass is 323 g/mol. The second-order valence-corrected chi connectivity index (χ2v) is 6.95. The molecule has 1 aliphatic carbocycles. The van der Waals surface area contributed by atoms with Crippen molar-refractivity contribution in [3.8, 4) is 0 Å². The summed E-state index contributed by atoms with van der Waals surface area (Å²) in [4.78, 5) is 12.4. The van der Waals surface area contributed by atoms with Crippen LogP contribution in [0.4, 0.5) is 0 Å². The van der Waals surface area contributed by atoms with E-state index in [9.17, 15) is 4.79 Å². The zero-order valence-corrected chi connectivity index (χ0v) is 13.3. The van der Waals surface area contributed by atoms with Crippen LogP contribution >= 0.6 is 15.9 Å². The zero-order valence-electron chi connectivity index (χ0n) is 11.7. The van der Waals surface area contributed by atoms with E-state index >= 15 is 0 Å². The van der Waals surface area contributed by atoms with Crippen molar-refractivity contribution in [1.29, 1.82) is 0 Å². The Kier molecular flexibility index (Phi) is 4.67. The summed E-state index contributed by atoms with van der Waals surface area (Å²) in [6, 6.07) is 8.03. The molecular weight excluding hydrogens is 302 g/mol. The normalized spacial score (nSPS) is 21.9. The summed E-state index contributed by atoms with van der Waals surface area (Å²) in [7, 11) is 0. The van der Waals surface area contributed by atoms with Gasteiger partial charge in [-0.1, -0.05) is 60.8 Å². The van der Waals surface area contributed by atoms with E-state index in [0.717, 1.165) is 22.9 Å². The highest BCUT2D eigenvalue weighted by atomic mass is 79.9. The van der Waals surface area contributed by atoms with E-state index in [2.05, 4.69) is 35.1 Å². The molecule has 0 saturated heterocycles. The van der Waals surface area contributed by atoms with E-state index in [1.807, 2.05) is 24.3 Å². The van der Waals surface area contributed by atoms with Crippen molar-refractivity contribution in [2.45, 2.75) is 46.1 Å². The molecule has 1 aliphatic rings. The summed E-state index contributed by atoms with van der Waals surface area (Å²) in [5, 5.41) is 3.10. The van der Waals surface area contributed by atoms with Crippen LogP contribution in [0.5, 0.6) is 0 Å². The molecule has 3 heteroatoms. The molecule has 1 amide bonds. The molecule has 1 fully saturated rings. The Bertz CT molecular complexity index is 456. The molecule has 1 aromatic rings. The zero-order chi connectivity index (χ0) is 13.9. The lowest BCUT2D eigenvalue weighted by molar-refractivity contribution is -0.130. The molecule has 2 nitrogen and oxygen atoms in total. The van der Waals surface area contributed by atoms with Gasteiger partial charge in [-0.15, -0.1) is 0 Å². The fraction of sp³-hybridized carbons (Fsp3) is 0.562. The first-order valence-electron chi connectivity index (χ1n) is 7.02. The van der Waals surface area contributed by atoms with Crippen molar-refractivity contribution >= 4 is 21.8 Å². The van der Waals surface area contributed by atoms with E-state index < -0.39 is 0 Å². The Morgan fingerprint density at radius 1 is 1.37 bits per heavy atom. The molecule has 0 aromatic heterocycles. The molecule has 0 radical (unpaired) electrons. The van der Waals surface area contributed by atoms with E-state index in [1.54, 1.807) is 0 Å². The third-order valence-corrected chi connectivity index (χ3v) is 5.01. The molecule has 1 saturated carbocycles. The Morgan fingerprint density at radius 2 is 2.11 bits per heavy atom. The Labute approximate surface area is 124 Å². The summed E-state index contributed by atoms with van der Waals surface area (Å²) in [5.74, 6) is 0.365. The van der Waals surface area contributed by atoms with Crippen LogP contribution in [0.1, 0.15) is 45.1 Å². The molecule has 0 spiro atoms. The highest BCUT2D eigenvalue weighted by Crippen LogP contribution is 2.40. The molecule has 1 N–H and O–H groups in total. The van der Waals surface area contributed by atoms with Gasteiger partial charge in [-0.2, -0.15) is 0 Å². The van der Waals surface area contributed by atoms with Crippen LogP contribution in [0.25, 0.3) is 0 Å². The van der Waals surface area contributed by atoms with Crippen LogP contribution in [0.2, 0.25) is 0 Å². The quantitative estimate of drug-likeness (QED) is 0.883. The third-order valence-electron chi connectivity index (χ3n) is 4.23. The minimum absolute atomic E-state index is 0.135. The lowest BCUT2D eigenvalue weighted by atomic mass is 9.68. The van der Waals surface area contributed by atoms with Crippen LogP contribution in [-0.4, -0.2) is 5.91 Å². The molecule has 104 valence electrons. The fourth-order valence-electron chi connectivity index (χ4n) is 2.93. The summed E-state index contributed by atoms with van der Waals surface area (Å²) in [5.41, 5.74) is 1.26. The average Bonchev–Trinajstić information content (AvgIpc) is 2.37. The van der Waals surface area contributed by atoms with E-state index in [0.29, 0.717) is 6.54 Å². The molecule has 1 atom stereocenters. The number of rotatable bonds is 3. The molecule has 0 bridgehead atoms. The van der Waals surface area contributed by atoms with Crippen molar-refractivity contribution in [2.24, 2.45) is 11.3 Å². The minimum atomic E-state index is 0.135. The number of benzene rings is 1. The molecule has 1 aromatic carbocycles. The predicted octanol–water partition coefficient (Wildman–Crippen LogP) is 4.28. The maximum atomic E-state index is 12.4. The largest absolute Gasteiger partial charge is 0.352 e. The maximum absolute atomic E-state index is 12.4. The Morgan fingerprint density at radius 3 is 2.79 bits per heavy atom. The molecule has 19 heavy (non-hydrogen) atoms. The highest BCUT2D eigenvalue weighted by molar-refractivity contribution is 9.10. The summed E-state index contributed by atoms with van der Waals surface area (Å²) in [6.45, 7) is 5.04.